The lowest BCUT2D eigenvalue weighted by atomic mass is 9.98. The Kier molecular flexibility index (Phi) is 5.79. The van der Waals surface area contributed by atoms with Gasteiger partial charge in [-0.2, -0.15) is 0 Å². The summed E-state index contributed by atoms with van der Waals surface area (Å²) in [4.78, 5) is 0. The smallest absolute Gasteiger partial charge is 0.127 e. The molecule has 106 valence electrons. The van der Waals surface area contributed by atoms with Crippen LogP contribution in [0.5, 0.6) is 0 Å². The highest BCUT2D eigenvalue weighted by Crippen LogP contribution is 2.16. The summed E-state index contributed by atoms with van der Waals surface area (Å²) >= 11 is 3.38. The molecule has 0 spiro atoms. The molecule has 1 heterocycles. The van der Waals surface area contributed by atoms with E-state index in [2.05, 4.69) is 33.5 Å². The van der Waals surface area contributed by atoms with Crippen LogP contribution >= 0.6 is 15.9 Å². The third-order valence-corrected chi connectivity index (χ3v) is 4.19. The maximum atomic E-state index is 13.6. The second-order valence-electron chi connectivity index (χ2n) is 5.40. The molecule has 0 radical (unpaired) electrons. The SMILES string of the molecule is CC(CC1CCCCN1)NCc1cc(Br)ccc1F. The van der Waals surface area contributed by atoms with Crippen molar-refractivity contribution in [3.05, 3.63) is 34.1 Å². The normalized spacial score (nSPS) is 21.3. The second-order valence-corrected chi connectivity index (χ2v) is 6.32. The van der Waals surface area contributed by atoms with Gasteiger partial charge >= 0.3 is 0 Å². The molecule has 4 heteroatoms. The van der Waals surface area contributed by atoms with E-state index in [-0.39, 0.29) is 5.82 Å². The highest BCUT2D eigenvalue weighted by atomic mass is 79.9. The molecule has 1 aliphatic rings. The van der Waals surface area contributed by atoms with E-state index in [1.807, 2.05) is 6.07 Å². The molecule has 0 aromatic heterocycles. The minimum Gasteiger partial charge on any atom is -0.314 e. The highest BCUT2D eigenvalue weighted by molar-refractivity contribution is 9.10. The summed E-state index contributed by atoms with van der Waals surface area (Å²) in [6.07, 6.45) is 4.99. The Morgan fingerprint density at radius 3 is 3.05 bits per heavy atom. The van der Waals surface area contributed by atoms with Crippen LogP contribution in [0.1, 0.15) is 38.2 Å². The zero-order valence-corrected chi connectivity index (χ0v) is 13.0. The zero-order valence-electron chi connectivity index (χ0n) is 11.4. The molecule has 1 aromatic rings. The number of piperidine rings is 1. The van der Waals surface area contributed by atoms with Crippen molar-refractivity contribution in [3.63, 3.8) is 0 Å². The predicted molar refractivity (Wildman–Crippen MR) is 80.7 cm³/mol. The summed E-state index contributed by atoms with van der Waals surface area (Å²) < 4.78 is 14.5. The van der Waals surface area contributed by atoms with Crippen molar-refractivity contribution in [1.82, 2.24) is 10.6 Å². The van der Waals surface area contributed by atoms with Crippen LogP contribution < -0.4 is 10.6 Å². The van der Waals surface area contributed by atoms with E-state index in [1.165, 1.54) is 25.3 Å². The second kappa shape index (κ2) is 7.36. The first-order valence-corrected chi connectivity index (χ1v) is 7.85. The van der Waals surface area contributed by atoms with Gasteiger partial charge in [-0.05, 0) is 50.9 Å². The molecular formula is C15H22BrFN2. The van der Waals surface area contributed by atoms with Gasteiger partial charge in [-0.3, -0.25) is 0 Å². The molecule has 1 saturated heterocycles. The molecule has 1 fully saturated rings. The van der Waals surface area contributed by atoms with Gasteiger partial charge in [0.25, 0.3) is 0 Å². The molecule has 1 aromatic carbocycles. The van der Waals surface area contributed by atoms with Crippen molar-refractivity contribution in [2.75, 3.05) is 6.54 Å². The molecule has 0 amide bonds. The Balaban J connectivity index is 1.79. The molecule has 2 atom stereocenters. The van der Waals surface area contributed by atoms with Crippen molar-refractivity contribution in [3.8, 4) is 0 Å². The van der Waals surface area contributed by atoms with Crippen LogP contribution in [0.4, 0.5) is 4.39 Å². The first-order chi connectivity index (χ1) is 9.15. The minimum absolute atomic E-state index is 0.140. The summed E-state index contributed by atoms with van der Waals surface area (Å²) in [7, 11) is 0. The molecular weight excluding hydrogens is 307 g/mol. The Labute approximate surface area is 123 Å². The lowest BCUT2D eigenvalue weighted by Crippen LogP contribution is -2.39. The minimum atomic E-state index is -0.140. The number of halogens is 2. The standard InChI is InChI=1S/C15H22BrFN2/c1-11(8-14-4-2-3-7-18-14)19-10-12-9-13(16)5-6-15(12)17/h5-6,9,11,14,18-19H,2-4,7-8,10H2,1H3. The molecule has 0 saturated carbocycles. The fraction of sp³-hybridized carbons (Fsp3) is 0.600. The van der Waals surface area contributed by atoms with Gasteiger partial charge in [0.15, 0.2) is 0 Å². The van der Waals surface area contributed by atoms with Crippen LogP contribution in [0.15, 0.2) is 22.7 Å². The quantitative estimate of drug-likeness (QED) is 0.863. The van der Waals surface area contributed by atoms with Crippen LogP contribution in [0.25, 0.3) is 0 Å². The predicted octanol–water partition coefficient (Wildman–Crippen LogP) is 3.60. The first kappa shape index (κ1) is 14.9. The van der Waals surface area contributed by atoms with Gasteiger partial charge in [0.2, 0.25) is 0 Å². The van der Waals surface area contributed by atoms with Crippen LogP contribution in [0, 0.1) is 5.82 Å². The monoisotopic (exact) mass is 328 g/mol. The van der Waals surface area contributed by atoms with Crippen molar-refractivity contribution < 1.29 is 4.39 Å². The topological polar surface area (TPSA) is 24.1 Å². The molecule has 0 bridgehead atoms. The van der Waals surface area contributed by atoms with Gasteiger partial charge in [0, 0.05) is 28.7 Å². The Hall–Kier alpha value is -0.450. The average molecular weight is 329 g/mol. The van der Waals surface area contributed by atoms with E-state index in [0.29, 0.717) is 18.6 Å². The summed E-state index contributed by atoms with van der Waals surface area (Å²) in [5, 5.41) is 6.96. The van der Waals surface area contributed by atoms with Gasteiger partial charge in [0.05, 0.1) is 0 Å². The Morgan fingerprint density at radius 1 is 1.47 bits per heavy atom. The number of rotatable bonds is 5. The van der Waals surface area contributed by atoms with Gasteiger partial charge < -0.3 is 10.6 Å². The van der Waals surface area contributed by atoms with Gasteiger partial charge in [-0.25, -0.2) is 4.39 Å². The number of benzene rings is 1. The number of hydrogen-bond acceptors (Lipinski definition) is 2. The summed E-state index contributed by atoms with van der Waals surface area (Å²) in [5.74, 6) is -0.140. The molecule has 2 unspecified atom stereocenters. The molecule has 19 heavy (non-hydrogen) atoms. The Bertz CT molecular complexity index is 405. The molecule has 1 aliphatic heterocycles. The zero-order chi connectivity index (χ0) is 13.7. The molecule has 0 aliphatic carbocycles. The van der Waals surface area contributed by atoms with E-state index >= 15 is 0 Å². The molecule has 2 nitrogen and oxygen atoms in total. The van der Waals surface area contributed by atoms with Crippen molar-refractivity contribution in [2.45, 2.75) is 51.2 Å². The lowest BCUT2D eigenvalue weighted by molar-refractivity contribution is 0.344. The highest BCUT2D eigenvalue weighted by Gasteiger charge is 2.15. The van der Waals surface area contributed by atoms with E-state index in [0.717, 1.165) is 23.0 Å². The van der Waals surface area contributed by atoms with Crippen LogP contribution in [0.3, 0.4) is 0 Å². The molecule has 2 N–H and O–H groups in total. The third-order valence-electron chi connectivity index (χ3n) is 3.70. The van der Waals surface area contributed by atoms with Crippen LogP contribution in [-0.2, 0) is 6.54 Å². The number of hydrogen-bond donors (Lipinski definition) is 2. The summed E-state index contributed by atoms with van der Waals surface area (Å²) in [6, 6.07) is 6.09. The maximum absolute atomic E-state index is 13.6. The lowest BCUT2D eigenvalue weighted by Gasteiger charge is -2.26. The van der Waals surface area contributed by atoms with Crippen molar-refractivity contribution >= 4 is 15.9 Å². The fourth-order valence-electron chi connectivity index (χ4n) is 2.60. The van der Waals surface area contributed by atoms with Crippen molar-refractivity contribution in [2.24, 2.45) is 0 Å². The maximum Gasteiger partial charge on any atom is 0.127 e. The summed E-state index contributed by atoms with van der Waals surface area (Å²) in [5.41, 5.74) is 0.720. The Morgan fingerprint density at radius 2 is 2.32 bits per heavy atom. The van der Waals surface area contributed by atoms with E-state index in [1.54, 1.807) is 6.07 Å². The molecule has 2 rings (SSSR count). The average Bonchev–Trinajstić information content (AvgIpc) is 2.41. The van der Waals surface area contributed by atoms with Crippen molar-refractivity contribution in [1.29, 1.82) is 0 Å². The summed E-state index contributed by atoms with van der Waals surface area (Å²) in [6.45, 7) is 3.89. The van der Waals surface area contributed by atoms with Crippen LogP contribution in [-0.4, -0.2) is 18.6 Å². The van der Waals surface area contributed by atoms with Crippen LogP contribution in [0.2, 0.25) is 0 Å². The largest absolute Gasteiger partial charge is 0.314 e. The first-order valence-electron chi connectivity index (χ1n) is 7.06. The fourth-order valence-corrected chi connectivity index (χ4v) is 3.01. The van der Waals surface area contributed by atoms with E-state index in [4.69, 9.17) is 0 Å². The van der Waals surface area contributed by atoms with Gasteiger partial charge in [-0.15, -0.1) is 0 Å². The third kappa shape index (κ3) is 4.86. The van der Waals surface area contributed by atoms with Gasteiger partial charge in [-0.1, -0.05) is 22.4 Å². The van der Waals surface area contributed by atoms with E-state index < -0.39 is 0 Å². The van der Waals surface area contributed by atoms with Gasteiger partial charge in [0.1, 0.15) is 5.82 Å². The van der Waals surface area contributed by atoms with E-state index in [9.17, 15) is 4.39 Å². The number of nitrogens with one attached hydrogen (secondary N) is 2.